The van der Waals surface area contributed by atoms with Gasteiger partial charge in [0.25, 0.3) is 0 Å². The Balaban J connectivity index is 1.30. The molecule has 5 unspecified atom stereocenters. The molecule has 10 heteroatoms. The lowest BCUT2D eigenvalue weighted by Gasteiger charge is -2.36. The Morgan fingerprint density at radius 1 is 1.26 bits per heavy atom. The minimum atomic E-state index is -3.19. The van der Waals surface area contributed by atoms with Gasteiger partial charge in [-0.3, -0.25) is 5.43 Å². The summed E-state index contributed by atoms with van der Waals surface area (Å²) in [4.78, 5) is 7.98. The third-order valence-electron chi connectivity index (χ3n) is 7.62. The molecule has 2 aromatic rings. The van der Waals surface area contributed by atoms with Gasteiger partial charge in [0.2, 0.25) is 10.0 Å². The Bertz CT molecular complexity index is 1200. The number of hydrazine groups is 1. The number of nitrogens with one attached hydrogen (secondary N) is 3. The molecule has 0 amide bonds. The topological polar surface area (TPSA) is 110 Å². The summed E-state index contributed by atoms with van der Waals surface area (Å²) in [6.07, 6.45) is 6.86. The van der Waals surface area contributed by atoms with Crippen molar-refractivity contribution in [3.05, 3.63) is 53.1 Å². The van der Waals surface area contributed by atoms with Crippen LogP contribution in [-0.4, -0.2) is 59.4 Å². The zero-order chi connectivity index (χ0) is 24.0. The van der Waals surface area contributed by atoms with Crippen molar-refractivity contribution in [2.75, 3.05) is 19.3 Å². The monoisotopic (exact) mass is 489 g/mol. The molecule has 4 N–H and O–H groups in total. The lowest BCUT2D eigenvalue weighted by atomic mass is 9.71. The number of aryl methyl sites for hydroxylation is 1. The number of nitrogens with zero attached hydrogens (tertiary/aromatic N) is 2. The van der Waals surface area contributed by atoms with E-state index < -0.39 is 16.2 Å². The first-order valence-corrected chi connectivity index (χ1v) is 13.8. The first-order chi connectivity index (χ1) is 16.3. The molecule has 1 saturated carbocycles. The number of phenols is 1. The third-order valence-corrected chi connectivity index (χ3v) is 8.89. The summed E-state index contributed by atoms with van der Waals surface area (Å²) in [6.45, 7) is 2.84. The smallest absolute Gasteiger partial charge is 0.211 e. The molecule has 8 nitrogen and oxygen atoms in total. The van der Waals surface area contributed by atoms with Gasteiger partial charge in [-0.2, -0.15) is 4.31 Å². The number of sulfonamides is 1. The number of imidazole rings is 1. The van der Waals surface area contributed by atoms with Crippen LogP contribution in [0.25, 0.3) is 5.57 Å². The van der Waals surface area contributed by atoms with Crippen LogP contribution in [0, 0.1) is 5.92 Å². The molecule has 5 atom stereocenters. The Kier molecular flexibility index (Phi) is 6.26. The normalized spacial score (nSPS) is 30.2. The van der Waals surface area contributed by atoms with Crippen molar-refractivity contribution >= 4 is 15.6 Å². The number of aromatic amines is 1. The molecule has 1 aromatic carbocycles. The predicted molar refractivity (Wildman–Crippen MR) is 128 cm³/mol. The number of fused-ring (bicyclic) bond motifs is 1. The van der Waals surface area contributed by atoms with Crippen LogP contribution >= 0.6 is 0 Å². The Morgan fingerprint density at radius 2 is 2.09 bits per heavy atom. The van der Waals surface area contributed by atoms with Crippen molar-refractivity contribution in [2.45, 2.75) is 56.8 Å². The minimum Gasteiger partial charge on any atom is -0.508 e. The summed E-state index contributed by atoms with van der Waals surface area (Å²) in [5.74, 6) is 0.845. The molecule has 0 spiro atoms. The van der Waals surface area contributed by atoms with Crippen molar-refractivity contribution in [1.82, 2.24) is 25.1 Å². The number of alkyl halides is 1. The first kappa shape index (κ1) is 23.5. The lowest BCUT2D eigenvalue weighted by Crippen LogP contribution is -2.45. The molecule has 2 aliphatic heterocycles. The molecule has 0 radical (unpaired) electrons. The van der Waals surface area contributed by atoms with Crippen LogP contribution in [-0.2, 0) is 16.4 Å². The van der Waals surface area contributed by atoms with Crippen molar-refractivity contribution in [1.29, 1.82) is 0 Å². The largest absolute Gasteiger partial charge is 0.508 e. The van der Waals surface area contributed by atoms with Gasteiger partial charge in [0.15, 0.2) is 0 Å². The average molecular weight is 490 g/mol. The summed E-state index contributed by atoms with van der Waals surface area (Å²) in [5.41, 5.74) is 10.4. The van der Waals surface area contributed by atoms with Crippen LogP contribution in [0.1, 0.15) is 60.8 Å². The highest BCUT2D eigenvalue weighted by atomic mass is 32.2. The van der Waals surface area contributed by atoms with Crippen molar-refractivity contribution < 1.29 is 17.9 Å². The molecule has 3 heterocycles. The SMILES string of the molecule is CCc1cc(O)ccc1C1CCC2C(c3ncc(C4=CCN(S(C)(=O)=O)CC4)[nH]3)NNC2C1F. The van der Waals surface area contributed by atoms with Crippen LogP contribution < -0.4 is 10.9 Å². The zero-order valence-corrected chi connectivity index (χ0v) is 20.3. The number of phenolic OH excluding ortho intramolecular Hbond substituents is 1. The van der Waals surface area contributed by atoms with Gasteiger partial charge in [-0.15, -0.1) is 0 Å². The number of aromatic nitrogens is 2. The van der Waals surface area contributed by atoms with Crippen molar-refractivity contribution in [3.63, 3.8) is 0 Å². The molecule has 1 aromatic heterocycles. The third kappa shape index (κ3) is 4.28. The highest BCUT2D eigenvalue weighted by Gasteiger charge is 2.48. The van der Waals surface area contributed by atoms with Gasteiger partial charge in [-0.05, 0) is 54.5 Å². The van der Waals surface area contributed by atoms with E-state index in [9.17, 15) is 13.5 Å². The van der Waals surface area contributed by atoms with Crippen LogP contribution in [0.5, 0.6) is 5.75 Å². The Labute approximate surface area is 199 Å². The second-order valence-corrected chi connectivity index (χ2v) is 11.6. The molecule has 0 bridgehead atoms. The van der Waals surface area contributed by atoms with E-state index in [-0.39, 0.29) is 29.7 Å². The van der Waals surface area contributed by atoms with Crippen LogP contribution in [0.3, 0.4) is 0 Å². The predicted octanol–water partition coefficient (Wildman–Crippen LogP) is 2.78. The summed E-state index contributed by atoms with van der Waals surface area (Å²) in [7, 11) is -3.19. The number of H-pyrrole nitrogens is 1. The Morgan fingerprint density at radius 3 is 2.79 bits per heavy atom. The number of rotatable bonds is 5. The van der Waals surface area contributed by atoms with Crippen molar-refractivity contribution in [2.24, 2.45) is 5.92 Å². The quantitative estimate of drug-likeness (QED) is 0.514. The maximum Gasteiger partial charge on any atom is 0.211 e. The van der Waals surface area contributed by atoms with E-state index >= 15 is 4.39 Å². The zero-order valence-electron chi connectivity index (χ0n) is 19.5. The van der Waals surface area contributed by atoms with Crippen LogP contribution in [0.15, 0.2) is 30.5 Å². The lowest BCUT2D eigenvalue weighted by molar-refractivity contribution is 0.135. The number of hydrogen-bond donors (Lipinski definition) is 4. The van der Waals surface area contributed by atoms with E-state index in [1.54, 1.807) is 18.3 Å². The van der Waals surface area contributed by atoms with E-state index in [1.807, 2.05) is 19.1 Å². The van der Waals surface area contributed by atoms with Gasteiger partial charge in [0.05, 0.1) is 30.2 Å². The maximum atomic E-state index is 15.8. The number of hydrogen-bond acceptors (Lipinski definition) is 6. The van der Waals surface area contributed by atoms with E-state index in [0.29, 0.717) is 19.5 Å². The molecule has 34 heavy (non-hydrogen) atoms. The molecule has 184 valence electrons. The van der Waals surface area contributed by atoms with Gasteiger partial charge in [-0.25, -0.2) is 23.2 Å². The number of halogens is 1. The fourth-order valence-electron chi connectivity index (χ4n) is 5.76. The summed E-state index contributed by atoms with van der Waals surface area (Å²) >= 11 is 0. The van der Waals surface area contributed by atoms with Crippen molar-refractivity contribution in [3.8, 4) is 5.75 Å². The number of aromatic hydroxyl groups is 1. The standard InChI is InChI=1S/C24H32FN5O3S/c1-3-14-12-16(31)4-5-17(14)18-6-7-19-22(21(18)25)28-29-23(19)24-26-13-20(27-24)15-8-10-30(11-9-15)34(2,32)33/h4-5,8,12-13,18-19,21-23,28-29,31H,3,6-7,9-11H2,1-2H3,(H,26,27). The highest BCUT2D eigenvalue weighted by molar-refractivity contribution is 7.88. The summed E-state index contributed by atoms with van der Waals surface area (Å²) in [6, 6.07) is 4.81. The molecule has 2 fully saturated rings. The maximum absolute atomic E-state index is 15.8. The molecule has 3 aliphatic rings. The summed E-state index contributed by atoms with van der Waals surface area (Å²) in [5, 5.41) is 9.83. The van der Waals surface area contributed by atoms with Gasteiger partial charge < -0.3 is 10.1 Å². The molecular formula is C24H32FN5O3S. The first-order valence-electron chi connectivity index (χ1n) is 11.9. The van der Waals surface area contributed by atoms with E-state index in [1.165, 1.54) is 10.6 Å². The van der Waals surface area contributed by atoms with E-state index in [2.05, 4.69) is 20.8 Å². The van der Waals surface area contributed by atoms with Crippen LogP contribution in [0.4, 0.5) is 4.39 Å². The molecular weight excluding hydrogens is 457 g/mol. The minimum absolute atomic E-state index is 0.0634. The van der Waals surface area contributed by atoms with E-state index in [4.69, 9.17) is 0 Å². The van der Waals surface area contributed by atoms with Gasteiger partial charge in [0, 0.05) is 24.9 Å². The fraction of sp³-hybridized carbons (Fsp3) is 0.542. The second kappa shape index (κ2) is 9.07. The Hall–Kier alpha value is -2.27. The molecule has 5 rings (SSSR count). The van der Waals surface area contributed by atoms with Gasteiger partial charge in [-0.1, -0.05) is 19.1 Å². The fourth-order valence-corrected chi connectivity index (χ4v) is 6.53. The second-order valence-electron chi connectivity index (χ2n) is 9.60. The average Bonchev–Trinajstić information content (AvgIpc) is 3.47. The summed E-state index contributed by atoms with van der Waals surface area (Å²) < 4.78 is 40.7. The highest BCUT2D eigenvalue weighted by Crippen LogP contribution is 2.45. The molecule has 1 saturated heterocycles. The van der Waals surface area contributed by atoms with Crippen LogP contribution in [0.2, 0.25) is 0 Å². The van der Waals surface area contributed by atoms with Gasteiger partial charge in [0.1, 0.15) is 17.7 Å². The van der Waals surface area contributed by atoms with Gasteiger partial charge >= 0.3 is 0 Å². The number of benzene rings is 1. The van der Waals surface area contributed by atoms with E-state index in [0.717, 1.165) is 47.5 Å². The molecule has 1 aliphatic carbocycles.